The molecule has 2 rings (SSSR count). The molecule has 0 radical (unpaired) electrons. The standard InChI is InChI=1S/C16H21N3O4/c1-10-7-14(19-18-10)17-15(20)6-5-11-8-12(21-2)16(23-4)13(9-11)22-3/h7-9H,5-6H2,1-4H3,(H2,17,18,19,20). The fourth-order valence-electron chi connectivity index (χ4n) is 2.23. The number of H-pyrrole nitrogens is 1. The molecule has 23 heavy (non-hydrogen) atoms. The summed E-state index contributed by atoms with van der Waals surface area (Å²) >= 11 is 0. The molecule has 1 amide bonds. The van der Waals surface area contributed by atoms with Crippen LogP contribution in [0.2, 0.25) is 0 Å². The fraction of sp³-hybridized carbons (Fsp3) is 0.375. The number of ether oxygens (including phenoxy) is 3. The van der Waals surface area contributed by atoms with Gasteiger partial charge in [0, 0.05) is 18.2 Å². The molecule has 0 atom stereocenters. The van der Waals surface area contributed by atoms with Crippen molar-refractivity contribution in [1.82, 2.24) is 10.2 Å². The molecular weight excluding hydrogens is 298 g/mol. The number of nitrogens with one attached hydrogen (secondary N) is 2. The molecule has 0 unspecified atom stereocenters. The first-order valence-electron chi connectivity index (χ1n) is 7.18. The van der Waals surface area contributed by atoms with Crippen molar-refractivity contribution < 1.29 is 19.0 Å². The molecule has 1 aromatic carbocycles. The minimum Gasteiger partial charge on any atom is -0.493 e. The maximum absolute atomic E-state index is 12.0. The van der Waals surface area contributed by atoms with Crippen LogP contribution < -0.4 is 19.5 Å². The number of hydrogen-bond donors (Lipinski definition) is 2. The van der Waals surface area contributed by atoms with E-state index in [1.807, 2.05) is 19.1 Å². The van der Waals surface area contributed by atoms with E-state index in [4.69, 9.17) is 14.2 Å². The van der Waals surface area contributed by atoms with Gasteiger partial charge in [0.15, 0.2) is 17.3 Å². The summed E-state index contributed by atoms with van der Waals surface area (Å²) in [7, 11) is 4.68. The number of aromatic nitrogens is 2. The Bertz CT molecular complexity index is 657. The summed E-state index contributed by atoms with van der Waals surface area (Å²) in [5.74, 6) is 2.10. The number of hydrogen-bond acceptors (Lipinski definition) is 5. The lowest BCUT2D eigenvalue weighted by atomic mass is 10.1. The van der Waals surface area contributed by atoms with E-state index >= 15 is 0 Å². The minimum absolute atomic E-state index is 0.106. The van der Waals surface area contributed by atoms with Crippen LogP contribution in [-0.4, -0.2) is 37.4 Å². The van der Waals surface area contributed by atoms with E-state index in [-0.39, 0.29) is 5.91 Å². The van der Waals surface area contributed by atoms with E-state index in [0.717, 1.165) is 11.3 Å². The van der Waals surface area contributed by atoms with Crippen LogP contribution in [0.5, 0.6) is 17.2 Å². The summed E-state index contributed by atoms with van der Waals surface area (Å²) < 4.78 is 15.9. The average molecular weight is 319 g/mol. The van der Waals surface area contributed by atoms with Gasteiger partial charge < -0.3 is 19.5 Å². The van der Waals surface area contributed by atoms with Crippen LogP contribution in [0, 0.1) is 6.92 Å². The molecule has 1 heterocycles. The average Bonchev–Trinajstić information content (AvgIpc) is 2.96. The largest absolute Gasteiger partial charge is 0.493 e. The molecule has 0 fully saturated rings. The number of carbonyl (C=O) groups excluding carboxylic acids is 1. The lowest BCUT2D eigenvalue weighted by Gasteiger charge is -2.14. The van der Waals surface area contributed by atoms with Crippen LogP contribution in [0.15, 0.2) is 18.2 Å². The Morgan fingerprint density at radius 2 is 1.78 bits per heavy atom. The summed E-state index contributed by atoms with van der Waals surface area (Å²) in [6.07, 6.45) is 0.872. The van der Waals surface area contributed by atoms with E-state index in [1.165, 1.54) is 0 Å². The van der Waals surface area contributed by atoms with Gasteiger partial charge in [-0.15, -0.1) is 0 Å². The second-order valence-electron chi connectivity index (χ2n) is 5.02. The van der Waals surface area contributed by atoms with Gasteiger partial charge in [-0.25, -0.2) is 0 Å². The maximum Gasteiger partial charge on any atom is 0.225 e. The van der Waals surface area contributed by atoms with Gasteiger partial charge in [0.25, 0.3) is 0 Å². The van der Waals surface area contributed by atoms with Gasteiger partial charge in [-0.2, -0.15) is 5.10 Å². The van der Waals surface area contributed by atoms with Crippen LogP contribution in [0.1, 0.15) is 17.7 Å². The van der Waals surface area contributed by atoms with Gasteiger partial charge in [0.1, 0.15) is 0 Å². The Morgan fingerprint density at radius 3 is 2.26 bits per heavy atom. The molecule has 124 valence electrons. The number of aryl methyl sites for hydroxylation is 2. The number of methoxy groups -OCH3 is 3. The second kappa shape index (κ2) is 7.53. The van der Waals surface area contributed by atoms with Crippen LogP contribution in [-0.2, 0) is 11.2 Å². The zero-order valence-corrected chi connectivity index (χ0v) is 13.7. The molecule has 7 heteroatoms. The molecule has 0 aliphatic rings. The number of nitrogens with zero attached hydrogens (tertiary/aromatic N) is 1. The van der Waals surface area contributed by atoms with Crippen molar-refractivity contribution in [2.45, 2.75) is 19.8 Å². The summed E-state index contributed by atoms with van der Waals surface area (Å²) in [5, 5.41) is 9.50. The first-order valence-corrected chi connectivity index (χ1v) is 7.18. The van der Waals surface area contributed by atoms with Gasteiger partial charge in [0.2, 0.25) is 11.7 Å². The third kappa shape index (κ3) is 4.15. The highest BCUT2D eigenvalue weighted by molar-refractivity contribution is 5.89. The van der Waals surface area contributed by atoms with Crippen LogP contribution in [0.4, 0.5) is 5.82 Å². The van der Waals surface area contributed by atoms with Crippen molar-refractivity contribution in [3.8, 4) is 17.2 Å². The maximum atomic E-state index is 12.0. The van der Waals surface area contributed by atoms with E-state index < -0.39 is 0 Å². The number of rotatable bonds is 7. The smallest absolute Gasteiger partial charge is 0.225 e. The Hall–Kier alpha value is -2.70. The van der Waals surface area contributed by atoms with E-state index in [2.05, 4.69) is 15.5 Å². The molecule has 2 N–H and O–H groups in total. The highest BCUT2D eigenvalue weighted by Crippen LogP contribution is 2.38. The monoisotopic (exact) mass is 319 g/mol. The van der Waals surface area contributed by atoms with E-state index in [0.29, 0.717) is 35.9 Å². The first-order chi connectivity index (χ1) is 11.1. The van der Waals surface area contributed by atoms with Gasteiger partial charge in [-0.1, -0.05) is 0 Å². The lowest BCUT2D eigenvalue weighted by molar-refractivity contribution is -0.116. The van der Waals surface area contributed by atoms with Gasteiger partial charge in [0.05, 0.1) is 21.3 Å². The summed E-state index contributed by atoms with van der Waals surface area (Å²) in [6, 6.07) is 5.46. The highest BCUT2D eigenvalue weighted by atomic mass is 16.5. The van der Waals surface area contributed by atoms with Crippen LogP contribution in [0.25, 0.3) is 0 Å². The third-order valence-electron chi connectivity index (χ3n) is 3.34. The summed E-state index contributed by atoms with van der Waals surface area (Å²) in [6.45, 7) is 1.87. The Morgan fingerprint density at radius 1 is 1.13 bits per heavy atom. The Kier molecular flexibility index (Phi) is 5.46. The molecule has 0 saturated heterocycles. The SMILES string of the molecule is COc1cc(CCC(=O)Nc2cc(C)[nH]n2)cc(OC)c1OC. The Labute approximate surface area is 134 Å². The Balaban J connectivity index is 2.03. The molecule has 0 saturated carbocycles. The quantitative estimate of drug-likeness (QED) is 0.818. The summed E-state index contributed by atoms with van der Waals surface area (Å²) in [4.78, 5) is 12.0. The van der Waals surface area contributed by atoms with Crippen molar-refractivity contribution in [3.05, 3.63) is 29.5 Å². The van der Waals surface area contributed by atoms with Gasteiger partial charge >= 0.3 is 0 Å². The summed E-state index contributed by atoms with van der Waals surface area (Å²) in [5.41, 5.74) is 1.82. The third-order valence-corrected chi connectivity index (χ3v) is 3.34. The minimum atomic E-state index is -0.106. The molecule has 0 bridgehead atoms. The normalized spacial score (nSPS) is 10.3. The number of benzene rings is 1. The first kappa shape index (κ1) is 16.7. The van der Waals surface area contributed by atoms with Crippen LogP contribution >= 0.6 is 0 Å². The van der Waals surface area contributed by atoms with Crippen molar-refractivity contribution in [1.29, 1.82) is 0 Å². The van der Waals surface area contributed by atoms with E-state index in [1.54, 1.807) is 27.4 Å². The number of carbonyl (C=O) groups is 1. The number of amides is 1. The van der Waals surface area contributed by atoms with Gasteiger partial charge in [-0.3, -0.25) is 9.89 Å². The molecule has 1 aromatic heterocycles. The molecule has 0 spiro atoms. The zero-order valence-electron chi connectivity index (χ0n) is 13.7. The number of anilines is 1. The van der Waals surface area contributed by atoms with Crippen molar-refractivity contribution in [3.63, 3.8) is 0 Å². The molecule has 0 aliphatic heterocycles. The number of aromatic amines is 1. The van der Waals surface area contributed by atoms with Crippen molar-refractivity contribution >= 4 is 11.7 Å². The van der Waals surface area contributed by atoms with Gasteiger partial charge in [-0.05, 0) is 31.0 Å². The molecular formula is C16H21N3O4. The van der Waals surface area contributed by atoms with Crippen molar-refractivity contribution in [2.24, 2.45) is 0 Å². The zero-order chi connectivity index (χ0) is 16.8. The predicted molar refractivity (Wildman–Crippen MR) is 86.4 cm³/mol. The highest BCUT2D eigenvalue weighted by Gasteiger charge is 2.14. The molecule has 2 aromatic rings. The topological polar surface area (TPSA) is 85.5 Å². The lowest BCUT2D eigenvalue weighted by Crippen LogP contribution is -2.12. The van der Waals surface area contributed by atoms with E-state index in [9.17, 15) is 4.79 Å². The van der Waals surface area contributed by atoms with Crippen LogP contribution in [0.3, 0.4) is 0 Å². The molecule has 7 nitrogen and oxygen atoms in total. The second-order valence-corrected chi connectivity index (χ2v) is 5.02. The predicted octanol–water partition coefficient (Wildman–Crippen LogP) is 2.32. The fourth-order valence-corrected chi connectivity index (χ4v) is 2.23. The van der Waals surface area contributed by atoms with Crippen molar-refractivity contribution in [2.75, 3.05) is 26.6 Å². The molecule has 0 aliphatic carbocycles.